The third kappa shape index (κ3) is 3.87. The summed E-state index contributed by atoms with van der Waals surface area (Å²) in [6.45, 7) is 7.30. The van der Waals surface area contributed by atoms with Crippen LogP contribution >= 0.6 is 15.9 Å². The van der Waals surface area contributed by atoms with E-state index in [-0.39, 0.29) is 11.8 Å². The second kappa shape index (κ2) is 8.12. The molecule has 2 aromatic rings. The number of carbonyl (C=O) groups excluding carboxylic acids is 1. The maximum Gasteiger partial charge on any atom is 0.275 e. The number of H-pyrrole nitrogens is 1. The van der Waals surface area contributed by atoms with Gasteiger partial charge in [-0.15, -0.1) is 0 Å². The van der Waals surface area contributed by atoms with Crippen molar-refractivity contribution in [3.05, 3.63) is 40.1 Å². The van der Waals surface area contributed by atoms with Crippen molar-refractivity contribution in [2.75, 3.05) is 38.2 Å². The second-order valence-corrected chi connectivity index (χ2v) is 7.58. The van der Waals surface area contributed by atoms with Crippen LogP contribution in [0.25, 0.3) is 0 Å². The van der Waals surface area contributed by atoms with Crippen LogP contribution in [0.1, 0.15) is 42.4 Å². The maximum atomic E-state index is 12.9. The number of anilines is 1. The fraction of sp³-hybridized carbons (Fsp3) is 0.474. The summed E-state index contributed by atoms with van der Waals surface area (Å²) in [5, 5.41) is 7.24. The summed E-state index contributed by atoms with van der Waals surface area (Å²) < 4.78 is 6.01. The number of benzene rings is 1. The molecule has 0 spiro atoms. The molecule has 0 radical (unpaired) electrons. The van der Waals surface area contributed by atoms with Crippen molar-refractivity contribution < 1.29 is 9.53 Å². The molecule has 2 heterocycles. The van der Waals surface area contributed by atoms with Gasteiger partial charge in [-0.1, -0.05) is 13.8 Å². The zero-order chi connectivity index (χ0) is 18.7. The molecule has 1 saturated heterocycles. The van der Waals surface area contributed by atoms with Gasteiger partial charge in [0.2, 0.25) is 0 Å². The number of aromatic amines is 1. The summed E-state index contributed by atoms with van der Waals surface area (Å²) in [6.07, 6.45) is 0.927. The van der Waals surface area contributed by atoms with Crippen molar-refractivity contribution in [3.8, 4) is 5.75 Å². The van der Waals surface area contributed by atoms with E-state index in [1.807, 2.05) is 17.0 Å². The molecular weight excluding hydrogens is 396 g/mol. The number of ether oxygens (including phenoxy) is 1. The van der Waals surface area contributed by atoms with Crippen LogP contribution in [-0.2, 0) is 0 Å². The van der Waals surface area contributed by atoms with E-state index in [0.29, 0.717) is 12.2 Å². The summed E-state index contributed by atoms with van der Waals surface area (Å²) in [7, 11) is 1.67. The van der Waals surface area contributed by atoms with Crippen molar-refractivity contribution in [1.29, 1.82) is 0 Å². The van der Waals surface area contributed by atoms with Gasteiger partial charge in [0, 0.05) is 31.9 Å². The summed E-state index contributed by atoms with van der Waals surface area (Å²) in [5.74, 6) is 1.12. The van der Waals surface area contributed by atoms with E-state index in [0.717, 1.165) is 47.7 Å². The highest BCUT2D eigenvalue weighted by Crippen LogP contribution is 2.27. The van der Waals surface area contributed by atoms with Gasteiger partial charge < -0.3 is 14.5 Å². The van der Waals surface area contributed by atoms with E-state index in [4.69, 9.17) is 4.74 Å². The minimum absolute atomic E-state index is 0.0170. The number of hydrogen-bond donors (Lipinski definition) is 1. The Bertz CT molecular complexity index is 757. The lowest BCUT2D eigenvalue weighted by atomic mass is 10.1. The lowest BCUT2D eigenvalue weighted by molar-refractivity contribution is 0.0760. The Balaban J connectivity index is 1.69. The van der Waals surface area contributed by atoms with Crippen molar-refractivity contribution in [2.24, 2.45) is 0 Å². The first-order valence-corrected chi connectivity index (χ1v) is 9.72. The predicted octanol–water partition coefficient (Wildman–Crippen LogP) is 3.66. The number of hydrogen-bond acceptors (Lipinski definition) is 4. The van der Waals surface area contributed by atoms with Gasteiger partial charge in [-0.25, -0.2) is 0 Å². The molecule has 26 heavy (non-hydrogen) atoms. The van der Waals surface area contributed by atoms with E-state index < -0.39 is 0 Å². The number of nitrogens with one attached hydrogen (secondary N) is 1. The molecule has 7 heteroatoms. The highest BCUT2D eigenvalue weighted by atomic mass is 79.9. The van der Waals surface area contributed by atoms with Crippen LogP contribution in [0.4, 0.5) is 5.69 Å². The fourth-order valence-electron chi connectivity index (χ4n) is 3.19. The van der Waals surface area contributed by atoms with E-state index in [1.54, 1.807) is 7.11 Å². The SMILES string of the molecule is COc1ccc(N2CCCN(C(=O)c3n[nH]c(C(C)C)c3Br)CC2)cc1. The minimum atomic E-state index is -0.0170. The Morgan fingerprint density at radius 2 is 1.92 bits per heavy atom. The van der Waals surface area contributed by atoms with Crippen LogP contribution in [0, 0.1) is 0 Å². The van der Waals surface area contributed by atoms with Gasteiger partial charge >= 0.3 is 0 Å². The molecular formula is C19H25BrN4O2. The lowest BCUT2D eigenvalue weighted by Gasteiger charge is -2.23. The van der Waals surface area contributed by atoms with Gasteiger partial charge in [0.1, 0.15) is 5.75 Å². The lowest BCUT2D eigenvalue weighted by Crippen LogP contribution is -2.35. The van der Waals surface area contributed by atoms with Crippen LogP contribution in [0.2, 0.25) is 0 Å². The van der Waals surface area contributed by atoms with E-state index in [2.05, 4.69) is 57.0 Å². The molecule has 0 saturated carbocycles. The summed E-state index contributed by atoms with van der Waals surface area (Å²) in [6, 6.07) is 8.07. The molecule has 1 aromatic carbocycles. The molecule has 1 amide bonds. The van der Waals surface area contributed by atoms with Gasteiger partial charge in [0.15, 0.2) is 5.69 Å². The average molecular weight is 421 g/mol. The number of amides is 1. The van der Waals surface area contributed by atoms with Crippen molar-refractivity contribution in [3.63, 3.8) is 0 Å². The zero-order valence-corrected chi connectivity index (χ0v) is 17.0. The molecule has 0 bridgehead atoms. The van der Waals surface area contributed by atoms with Crippen LogP contribution in [-0.4, -0.2) is 54.3 Å². The van der Waals surface area contributed by atoms with Gasteiger partial charge in [0.25, 0.3) is 5.91 Å². The average Bonchev–Trinajstić information content (AvgIpc) is 2.88. The van der Waals surface area contributed by atoms with E-state index >= 15 is 0 Å². The number of nitrogens with zero attached hydrogens (tertiary/aromatic N) is 3. The van der Waals surface area contributed by atoms with Gasteiger partial charge in [-0.3, -0.25) is 9.89 Å². The largest absolute Gasteiger partial charge is 0.497 e. The summed E-state index contributed by atoms with van der Waals surface area (Å²) in [4.78, 5) is 17.1. The highest BCUT2D eigenvalue weighted by Gasteiger charge is 2.26. The van der Waals surface area contributed by atoms with Crippen molar-refractivity contribution >= 4 is 27.5 Å². The summed E-state index contributed by atoms with van der Waals surface area (Å²) >= 11 is 3.54. The maximum absolute atomic E-state index is 12.9. The normalized spacial score (nSPS) is 15.3. The third-order valence-corrected chi connectivity index (χ3v) is 5.54. The molecule has 1 N–H and O–H groups in total. The Morgan fingerprint density at radius 1 is 1.19 bits per heavy atom. The third-order valence-electron chi connectivity index (χ3n) is 4.73. The Kier molecular flexibility index (Phi) is 5.86. The molecule has 1 aliphatic rings. The first kappa shape index (κ1) is 18.8. The van der Waals surface area contributed by atoms with Crippen LogP contribution < -0.4 is 9.64 Å². The zero-order valence-electron chi connectivity index (χ0n) is 15.5. The number of carbonyl (C=O) groups is 1. The van der Waals surface area contributed by atoms with Crippen molar-refractivity contribution in [1.82, 2.24) is 15.1 Å². The van der Waals surface area contributed by atoms with Gasteiger partial charge in [-0.2, -0.15) is 5.10 Å². The van der Waals surface area contributed by atoms with Crippen LogP contribution in [0.15, 0.2) is 28.7 Å². The Labute approximate surface area is 162 Å². The molecule has 1 aliphatic heterocycles. The monoisotopic (exact) mass is 420 g/mol. The first-order chi connectivity index (χ1) is 12.5. The molecule has 0 atom stereocenters. The highest BCUT2D eigenvalue weighted by molar-refractivity contribution is 9.10. The number of methoxy groups -OCH3 is 1. The predicted molar refractivity (Wildman–Crippen MR) is 106 cm³/mol. The molecule has 140 valence electrons. The molecule has 0 aliphatic carbocycles. The van der Waals surface area contributed by atoms with E-state index in [9.17, 15) is 4.79 Å². The molecule has 6 nitrogen and oxygen atoms in total. The number of halogens is 1. The van der Waals surface area contributed by atoms with Crippen molar-refractivity contribution in [2.45, 2.75) is 26.2 Å². The smallest absolute Gasteiger partial charge is 0.275 e. The quantitative estimate of drug-likeness (QED) is 0.819. The summed E-state index contributed by atoms with van der Waals surface area (Å²) in [5.41, 5.74) is 2.60. The fourth-order valence-corrected chi connectivity index (χ4v) is 3.99. The first-order valence-electron chi connectivity index (χ1n) is 8.93. The molecule has 3 rings (SSSR count). The molecule has 1 aromatic heterocycles. The molecule has 0 unspecified atom stereocenters. The Hall–Kier alpha value is -2.02. The van der Waals surface area contributed by atoms with Crippen LogP contribution in [0.3, 0.4) is 0 Å². The standard InChI is InChI=1S/C19H25BrN4O2/c1-13(2)17-16(20)18(22-21-17)19(25)24-10-4-9-23(11-12-24)14-5-7-15(26-3)8-6-14/h5-8,13H,4,9-12H2,1-3H3,(H,21,22). The van der Waals surface area contributed by atoms with Gasteiger partial charge in [-0.05, 0) is 52.5 Å². The number of rotatable bonds is 4. The van der Waals surface area contributed by atoms with Crippen LogP contribution in [0.5, 0.6) is 5.75 Å². The van der Waals surface area contributed by atoms with E-state index in [1.165, 1.54) is 0 Å². The topological polar surface area (TPSA) is 61.5 Å². The molecule has 1 fully saturated rings. The minimum Gasteiger partial charge on any atom is -0.497 e. The number of aromatic nitrogens is 2. The van der Waals surface area contributed by atoms with Gasteiger partial charge in [0.05, 0.1) is 17.3 Å². The Morgan fingerprint density at radius 3 is 2.54 bits per heavy atom. The second-order valence-electron chi connectivity index (χ2n) is 6.79.